The molecule has 1 heterocycles. The molecule has 1 fully saturated rings. The van der Waals surface area contributed by atoms with Crippen LogP contribution in [0.25, 0.3) is 0 Å². The van der Waals surface area contributed by atoms with Gasteiger partial charge in [0.25, 0.3) is 0 Å². The van der Waals surface area contributed by atoms with E-state index in [-0.39, 0.29) is 5.54 Å². The molecule has 0 amide bonds. The molecule has 0 bridgehead atoms. The fraction of sp³-hybridized carbons (Fsp3) is 0.500. The lowest BCUT2D eigenvalue weighted by atomic mass is 10.0. The molecule has 1 aliphatic rings. The average Bonchev–Trinajstić information content (AvgIpc) is 2.65. The quantitative estimate of drug-likeness (QED) is 0.800. The van der Waals surface area contributed by atoms with Gasteiger partial charge in [-0.05, 0) is 31.9 Å². The van der Waals surface area contributed by atoms with Crippen molar-refractivity contribution in [3.8, 4) is 6.07 Å². The first-order valence-corrected chi connectivity index (χ1v) is 5.37. The Morgan fingerprint density at radius 3 is 2.80 bits per heavy atom. The highest BCUT2D eigenvalue weighted by molar-refractivity contribution is 5.41. The lowest BCUT2D eigenvalue weighted by Gasteiger charge is -2.25. The summed E-state index contributed by atoms with van der Waals surface area (Å²) in [6.45, 7) is 2.22. The number of anilines is 1. The van der Waals surface area contributed by atoms with E-state index in [1.807, 2.05) is 12.1 Å². The molecule has 1 saturated carbocycles. The van der Waals surface area contributed by atoms with Crippen molar-refractivity contribution in [2.45, 2.75) is 38.1 Å². The van der Waals surface area contributed by atoms with Gasteiger partial charge in [-0.1, -0.05) is 18.9 Å². The zero-order chi connectivity index (χ0) is 10.7. The van der Waals surface area contributed by atoms with E-state index in [0.717, 1.165) is 5.82 Å². The number of hydrogen-bond acceptors (Lipinski definition) is 3. The third-order valence-corrected chi connectivity index (χ3v) is 3.00. The van der Waals surface area contributed by atoms with Crippen LogP contribution in [0.4, 0.5) is 5.82 Å². The van der Waals surface area contributed by atoms with Crippen molar-refractivity contribution < 1.29 is 0 Å². The molecule has 3 heteroatoms. The molecule has 0 aliphatic heterocycles. The third-order valence-electron chi connectivity index (χ3n) is 3.00. The molecule has 0 unspecified atom stereocenters. The maximum atomic E-state index is 8.75. The number of pyridine rings is 1. The number of nitrogens with one attached hydrogen (secondary N) is 1. The van der Waals surface area contributed by atoms with Crippen molar-refractivity contribution >= 4 is 5.82 Å². The van der Waals surface area contributed by atoms with Gasteiger partial charge < -0.3 is 5.32 Å². The minimum Gasteiger partial charge on any atom is -0.365 e. The maximum Gasteiger partial charge on any atom is 0.142 e. The van der Waals surface area contributed by atoms with Gasteiger partial charge in [-0.15, -0.1) is 0 Å². The van der Waals surface area contributed by atoms with Crippen molar-refractivity contribution in [3.05, 3.63) is 23.9 Å². The molecule has 0 spiro atoms. The van der Waals surface area contributed by atoms with Crippen molar-refractivity contribution in [1.29, 1.82) is 5.26 Å². The highest BCUT2D eigenvalue weighted by atomic mass is 15.1. The Kier molecular flexibility index (Phi) is 2.59. The predicted octanol–water partition coefficient (Wildman–Crippen LogP) is 2.70. The van der Waals surface area contributed by atoms with Gasteiger partial charge in [-0.2, -0.15) is 5.26 Å². The van der Waals surface area contributed by atoms with Gasteiger partial charge in [-0.25, -0.2) is 4.98 Å². The summed E-state index contributed by atoms with van der Waals surface area (Å²) in [5, 5.41) is 12.2. The summed E-state index contributed by atoms with van der Waals surface area (Å²) in [6, 6.07) is 7.57. The lowest BCUT2D eigenvalue weighted by molar-refractivity contribution is 0.531. The van der Waals surface area contributed by atoms with Crippen LogP contribution in [-0.4, -0.2) is 10.5 Å². The number of rotatable bonds is 2. The summed E-state index contributed by atoms with van der Waals surface area (Å²) in [7, 11) is 0. The zero-order valence-corrected chi connectivity index (χ0v) is 8.95. The summed E-state index contributed by atoms with van der Waals surface area (Å²) in [5.41, 5.74) is 0.641. The van der Waals surface area contributed by atoms with Gasteiger partial charge >= 0.3 is 0 Å². The third kappa shape index (κ3) is 2.27. The van der Waals surface area contributed by atoms with Crippen molar-refractivity contribution in [1.82, 2.24) is 4.98 Å². The number of aromatic nitrogens is 1. The normalized spacial score (nSPS) is 18.4. The molecule has 1 N–H and O–H groups in total. The van der Waals surface area contributed by atoms with E-state index in [4.69, 9.17) is 5.26 Å². The number of nitriles is 1. The van der Waals surface area contributed by atoms with Gasteiger partial charge in [0, 0.05) is 5.54 Å². The van der Waals surface area contributed by atoms with Crippen LogP contribution in [-0.2, 0) is 0 Å². The Bertz CT molecular complexity index is 386. The van der Waals surface area contributed by atoms with Crippen LogP contribution >= 0.6 is 0 Å². The van der Waals surface area contributed by atoms with Crippen LogP contribution in [0.2, 0.25) is 0 Å². The van der Waals surface area contributed by atoms with Gasteiger partial charge in [0.2, 0.25) is 0 Å². The van der Waals surface area contributed by atoms with E-state index in [1.165, 1.54) is 25.7 Å². The second-order valence-corrected chi connectivity index (χ2v) is 4.41. The fourth-order valence-corrected chi connectivity index (χ4v) is 2.16. The largest absolute Gasteiger partial charge is 0.365 e. The first kappa shape index (κ1) is 9.97. The highest BCUT2D eigenvalue weighted by Crippen LogP contribution is 2.31. The second-order valence-electron chi connectivity index (χ2n) is 4.41. The van der Waals surface area contributed by atoms with Crippen molar-refractivity contribution in [2.75, 3.05) is 5.32 Å². The van der Waals surface area contributed by atoms with E-state index in [0.29, 0.717) is 5.69 Å². The SMILES string of the molecule is CC1(Nc2cccc(C#N)n2)CCCC1. The summed E-state index contributed by atoms with van der Waals surface area (Å²) < 4.78 is 0. The van der Waals surface area contributed by atoms with Crippen LogP contribution in [0.15, 0.2) is 18.2 Å². The van der Waals surface area contributed by atoms with E-state index < -0.39 is 0 Å². The molecule has 1 aliphatic carbocycles. The molecule has 0 saturated heterocycles. The molecule has 0 atom stereocenters. The van der Waals surface area contributed by atoms with Gasteiger partial charge in [0.1, 0.15) is 17.6 Å². The Morgan fingerprint density at radius 2 is 2.13 bits per heavy atom. The molecular weight excluding hydrogens is 186 g/mol. The van der Waals surface area contributed by atoms with E-state index in [2.05, 4.69) is 23.3 Å². The fourth-order valence-electron chi connectivity index (χ4n) is 2.16. The molecule has 0 radical (unpaired) electrons. The van der Waals surface area contributed by atoms with Crippen LogP contribution in [0.5, 0.6) is 0 Å². The average molecular weight is 201 g/mol. The summed E-state index contributed by atoms with van der Waals surface area (Å²) in [4.78, 5) is 4.23. The summed E-state index contributed by atoms with van der Waals surface area (Å²) >= 11 is 0. The molecule has 78 valence electrons. The predicted molar refractivity (Wildman–Crippen MR) is 59.4 cm³/mol. The lowest BCUT2D eigenvalue weighted by Crippen LogP contribution is -2.31. The molecule has 2 rings (SSSR count). The standard InChI is InChI=1S/C12H15N3/c1-12(7-2-3-8-12)15-11-6-4-5-10(9-13)14-11/h4-6H,2-3,7-8H2,1H3,(H,14,15). The van der Waals surface area contributed by atoms with Crippen LogP contribution in [0.1, 0.15) is 38.3 Å². The van der Waals surface area contributed by atoms with Crippen molar-refractivity contribution in [3.63, 3.8) is 0 Å². The van der Waals surface area contributed by atoms with E-state index >= 15 is 0 Å². The van der Waals surface area contributed by atoms with Crippen LogP contribution < -0.4 is 5.32 Å². The first-order chi connectivity index (χ1) is 7.22. The topological polar surface area (TPSA) is 48.7 Å². The number of nitrogens with zero attached hydrogens (tertiary/aromatic N) is 2. The Labute approximate surface area is 90.1 Å². The zero-order valence-electron chi connectivity index (χ0n) is 8.95. The molecule has 1 aromatic heterocycles. The van der Waals surface area contributed by atoms with Gasteiger partial charge in [-0.3, -0.25) is 0 Å². The minimum atomic E-state index is 0.168. The summed E-state index contributed by atoms with van der Waals surface area (Å²) in [6.07, 6.45) is 4.93. The minimum absolute atomic E-state index is 0.168. The Hall–Kier alpha value is -1.56. The molecular formula is C12H15N3. The van der Waals surface area contributed by atoms with E-state index in [9.17, 15) is 0 Å². The van der Waals surface area contributed by atoms with Crippen LogP contribution in [0, 0.1) is 11.3 Å². The van der Waals surface area contributed by atoms with Crippen LogP contribution in [0.3, 0.4) is 0 Å². The van der Waals surface area contributed by atoms with E-state index in [1.54, 1.807) is 6.07 Å². The molecule has 1 aromatic rings. The van der Waals surface area contributed by atoms with Gasteiger partial charge in [0.05, 0.1) is 0 Å². The Balaban J connectivity index is 2.13. The van der Waals surface area contributed by atoms with Crippen molar-refractivity contribution in [2.24, 2.45) is 0 Å². The molecule has 0 aromatic carbocycles. The Morgan fingerprint density at radius 1 is 1.40 bits per heavy atom. The smallest absolute Gasteiger partial charge is 0.142 e. The maximum absolute atomic E-state index is 8.75. The monoisotopic (exact) mass is 201 g/mol. The first-order valence-electron chi connectivity index (χ1n) is 5.37. The highest BCUT2D eigenvalue weighted by Gasteiger charge is 2.28. The molecule has 15 heavy (non-hydrogen) atoms. The number of hydrogen-bond donors (Lipinski definition) is 1. The molecule has 3 nitrogen and oxygen atoms in total. The summed E-state index contributed by atoms with van der Waals surface area (Å²) in [5.74, 6) is 0.818. The van der Waals surface area contributed by atoms with Gasteiger partial charge in [0.15, 0.2) is 0 Å². The second kappa shape index (κ2) is 3.90.